The Bertz CT molecular complexity index is 1870. The van der Waals surface area contributed by atoms with Gasteiger partial charge in [0.1, 0.15) is 55.1 Å². The number of nitrogens with two attached hydrogens (primary N) is 1. The molecule has 6 unspecified atom stereocenters. The first kappa shape index (κ1) is 32.4. The second-order valence-corrected chi connectivity index (χ2v) is 12.2. The predicted molar refractivity (Wildman–Crippen MR) is 150 cm³/mol. The number of fused-ring (bicyclic) bond motifs is 2. The van der Waals surface area contributed by atoms with Gasteiger partial charge in [0, 0.05) is 11.6 Å². The van der Waals surface area contributed by atoms with Gasteiger partial charge in [-0.2, -0.15) is 4.98 Å². The van der Waals surface area contributed by atoms with Crippen LogP contribution in [0.3, 0.4) is 0 Å². The van der Waals surface area contributed by atoms with E-state index in [1.165, 1.54) is 17.2 Å². The molecule has 2 saturated heterocycles. The summed E-state index contributed by atoms with van der Waals surface area (Å²) in [4.78, 5) is 54.4. The Labute approximate surface area is 256 Å². The number of nitrogens with zero attached hydrogens (tertiary/aromatic N) is 7. The van der Waals surface area contributed by atoms with Crippen LogP contribution in [0.5, 0.6) is 0 Å². The van der Waals surface area contributed by atoms with Crippen molar-refractivity contribution in [1.29, 1.82) is 0 Å². The van der Waals surface area contributed by atoms with Gasteiger partial charge in [-0.25, -0.2) is 24.5 Å². The molecule has 6 heterocycles. The van der Waals surface area contributed by atoms with Gasteiger partial charge in [-0.15, -0.1) is 9.42 Å². The Morgan fingerprint density at radius 2 is 1.70 bits per heavy atom. The standard InChI is InChI=1S/C21H26N10O13P2/c1-23-15-9-16(25-4-24-15)30(5-26-9)20-13(34)14(8(43-20)2-40-45(36)37)44-46(38,39)41-3-7-11(32)12(33)19(42-7)31-6-27-10-17(31)28-21(22)29-18(10)35/h4-8,11-14,19-20,32-34H,2-3H2,1H3,(H5-,22,23,24,25,28,29,35,36,37,38,39)/p+1/t7-,8-,11?,12?,13?,14?,19-,20-/m1/s1. The summed E-state index contributed by atoms with van der Waals surface area (Å²) >= 11 is 0. The van der Waals surface area contributed by atoms with E-state index < -0.39 is 83.9 Å². The van der Waals surface area contributed by atoms with Crippen molar-refractivity contribution in [3.05, 3.63) is 29.3 Å². The number of phosphoric ester groups is 1. The summed E-state index contributed by atoms with van der Waals surface area (Å²) in [5.74, 6) is 0.131. The number of H-pyrrole nitrogens is 1. The molecule has 0 spiro atoms. The fourth-order valence-electron chi connectivity index (χ4n) is 5.15. The van der Waals surface area contributed by atoms with Gasteiger partial charge in [0.15, 0.2) is 35.1 Å². The molecule has 0 bridgehead atoms. The Morgan fingerprint density at radius 3 is 2.41 bits per heavy atom. The smallest absolute Gasteiger partial charge is 0.387 e. The van der Waals surface area contributed by atoms with Crippen molar-refractivity contribution in [2.24, 2.45) is 0 Å². The third kappa shape index (κ3) is 5.99. The number of hydrogen-bond acceptors (Lipinski definition) is 18. The fraction of sp³-hybridized carbons (Fsp3) is 0.524. The predicted octanol–water partition coefficient (Wildman–Crippen LogP) is -2.37. The molecule has 6 rings (SSSR count). The number of ether oxygens (including phenoxy) is 2. The molecule has 0 saturated carbocycles. The molecule has 0 aromatic carbocycles. The van der Waals surface area contributed by atoms with Crippen LogP contribution in [0, 0.1) is 0 Å². The Balaban J connectivity index is 1.17. The number of aliphatic hydroxyl groups excluding tert-OH is 3. The maximum Gasteiger partial charge on any atom is 0.694 e. The van der Waals surface area contributed by atoms with E-state index in [0.29, 0.717) is 11.3 Å². The van der Waals surface area contributed by atoms with Crippen LogP contribution in [0.1, 0.15) is 12.5 Å². The first-order valence-corrected chi connectivity index (χ1v) is 15.9. The van der Waals surface area contributed by atoms with E-state index in [4.69, 9.17) is 33.7 Å². The highest BCUT2D eigenvalue weighted by atomic mass is 31.2. The summed E-state index contributed by atoms with van der Waals surface area (Å²) in [6.45, 7) is -1.45. The number of aliphatic hydroxyl groups is 3. The molecular formula is C21H27N10O13P2+. The largest absolute Gasteiger partial charge is 0.694 e. The summed E-state index contributed by atoms with van der Waals surface area (Å²) in [5.41, 5.74) is 5.30. The summed E-state index contributed by atoms with van der Waals surface area (Å²) < 4.78 is 53.2. The molecule has 25 heteroatoms. The number of rotatable bonds is 11. The summed E-state index contributed by atoms with van der Waals surface area (Å²) in [6, 6.07) is 0. The number of anilines is 2. The first-order chi connectivity index (χ1) is 21.9. The quantitative estimate of drug-likeness (QED) is 0.0763. The van der Waals surface area contributed by atoms with Crippen molar-refractivity contribution in [2.45, 2.75) is 49.1 Å². The second-order valence-electron chi connectivity index (χ2n) is 10.0. The number of hydrogen-bond donors (Lipinski definition) is 8. The SMILES string of the molecule is CNc1ncnc2c1ncn2[C@@H]1O[C@H](CO[P+](=O)O)C(OP(=O)(O)OC[C@H]2O[C@@H](n3cnc4c(=O)[nH]c(N)nc43)C(O)C2O)C1O. The number of aromatic nitrogens is 8. The van der Waals surface area contributed by atoms with Gasteiger partial charge >= 0.3 is 16.1 Å². The molecule has 0 aliphatic carbocycles. The molecule has 9 N–H and O–H groups in total. The van der Waals surface area contributed by atoms with Crippen molar-refractivity contribution in [3.63, 3.8) is 0 Å². The zero-order chi connectivity index (χ0) is 32.9. The molecular weight excluding hydrogens is 662 g/mol. The summed E-state index contributed by atoms with van der Waals surface area (Å²) in [5, 5.41) is 35.2. The highest BCUT2D eigenvalue weighted by Crippen LogP contribution is 2.49. The second kappa shape index (κ2) is 12.6. The number of aromatic amines is 1. The van der Waals surface area contributed by atoms with Crippen LogP contribution in [0.2, 0.25) is 0 Å². The summed E-state index contributed by atoms with van der Waals surface area (Å²) in [7, 11) is -6.62. The third-order valence-electron chi connectivity index (χ3n) is 7.25. The molecule has 248 valence electrons. The lowest BCUT2D eigenvalue weighted by molar-refractivity contribution is -0.0573. The molecule has 4 aromatic heterocycles. The normalized spacial score (nSPS) is 29.8. The monoisotopic (exact) mass is 689 g/mol. The maximum absolute atomic E-state index is 13.1. The highest BCUT2D eigenvalue weighted by molar-refractivity contribution is 7.47. The lowest BCUT2D eigenvalue weighted by Crippen LogP contribution is -2.36. The van der Waals surface area contributed by atoms with Crippen LogP contribution < -0.4 is 16.6 Å². The van der Waals surface area contributed by atoms with E-state index >= 15 is 0 Å². The molecule has 2 aliphatic rings. The van der Waals surface area contributed by atoms with Crippen molar-refractivity contribution < 1.29 is 57.3 Å². The van der Waals surface area contributed by atoms with Crippen LogP contribution in [0.15, 0.2) is 23.8 Å². The molecule has 2 aliphatic heterocycles. The number of nitrogens with one attached hydrogen (secondary N) is 2. The summed E-state index contributed by atoms with van der Waals surface area (Å²) in [6.07, 6.45) is -8.48. The lowest BCUT2D eigenvalue weighted by Gasteiger charge is -2.23. The molecule has 10 atom stereocenters. The van der Waals surface area contributed by atoms with Gasteiger partial charge in [-0.05, 0) is 0 Å². The highest BCUT2D eigenvalue weighted by Gasteiger charge is 2.51. The van der Waals surface area contributed by atoms with E-state index in [-0.39, 0.29) is 22.8 Å². The van der Waals surface area contributed by atoms with Crippen molar-refractivity contribution in [2.75, 3.05) is 31.3 Å². The van der Waals surface area contributed by atoms with E-state index in [2.05, 4.69) is 35.2 Å². The lowest BCUT2D eigenvalue weighted by atomic mass is 10.1. The fourth-order valence-corrected chi connectivity index (χ4v) is 6.39. The van der Waals surface area contributed by atoms with Crippen molar-refractivity contribution in [3.8, 4) is 0 Å². The maximum atomic E-state index is 13.1. The number of imidazole rings is 2. The van der Waals surface area contributed by atoms with E-state index in [9.17, 15) is 34.1 Å². The van der Waals surface area contributed by atoms with Gasteiger partial charge in [0.05, 0.1) is 19.3 Å². The Hall–Kier alpha value is -3.57. The topological polar surface area (TPSA) is 327 Å². The van der Waals surface area contributed by atoms with Gasteiger partial charge in [-0.1, -0.05) is 0 Å². The molecule has 2 fully saturated rings. The number of phosphoric acid groups is 1. The van der Waals surface area contributed by atoms with Crippen LogP contribution >= 0.6 is 16.1 Å². The van der Waals surface area contributed by atoms with Crippen LogP contribution in [0.25, 0.3) is 22.3 Å². The van der Waals surface area contributed by atoms with Crippen molar-refractivity contribution in [1.82, 2.24) is 39.0 Å². The van der Waals surface area contributed by atoms with Gasteiger partial charge in [0.2, 0.25) is 5.95 Å². The van der Waals surface area contributed by atoms with Crippen LogP contribution in [-0.4, -0.2) is 121 Å². The Kier molecular flexibility index (Phi) is 8.84. The van der Waals surface area contributed by atoms with E-state index in [1.807, 2.05) is 0 Å². The number of nitrogen functional groups attached to an aromatic ring is 1. The molecule has 4 aromatic rings. The average molecular weight is 689 g/mol. The average Bonchev–Trinajstić information content (AvgIpc) is 3.76. The van der Waals surface area contributed by atoms with Gasteiger partial charge in [-0.3, -0.25) is 28.0 Å². The zero-order valence-electron chi connectivity index (χ0n) is 23.4. The molecule has 0 amide bonds. The van der Waals surface area contributed by atoms with Crippen molar-refractivity contribution >= 4 is 50.2 Å². The van der Waals surface area contributed by atoms with E-state index in [0.717, 1.165) is 10.9 Å². The van der Waals surface area contributed by atoms with Gasteiger partial charge < -0.3 is 40.7 Å². The molecule has 0 radical (unpaired) electrons. The van der Waals surface area contributed by atoms with Gasteiger partial charge in [0.25, 0.3) is 5.56 Å². The van der Waals surface area contributed by atoms with E-state index in [1.54, 1.807) is 7.05 Å². The first-order valence-electron chi connectivity index (χ1n) is 13.3. The van der Waals surface area contributed by atoms with Crippen LogP contribution in [0.4, 0.5) is 11.8 Å². The molecule has 46 heavy (non-hydrogen) atoms. The minimum atomic E-state index is -5.12. The third-order valence-corrected chi connectivity index (χ3v) is 8.60. The minimum absolute atomic E-state index is 0.0581. The molecule has 23 nitrogen and oxygen atoms in total. The minimum Gasteiger partial charge on any atom is -0.387 e. The zero-order valence-corrected chi connectivity index (χ0v) is 25.2. The Morgan fingerprint density at radius 1 is 1.02 bits per heavy atom. The van der Waals surface area contributed by atoms with Crippen LogP contribution in [-0.2, 0) is 32.2 Å².